The SMILES string of the molecule is CC(Nc1cc(N)nc(C(F)(F)F)n1)c1cccc(Br)c1. The van der Waals surface area contributed by atoms with Crippen LogP contribution in [0.5, 0.6) is 0 Å². The minimum atomic E-state index is -4.63. The predicted octanol–water partition coefficient (Wildman–Crippen LogP) is 4.01. The minimum absolute atomic E-state index is 0.0299. The molecular weight excluding hydrogens is 349 g/mol. The molecule has 0 saturated heterocycles. The first-order valence-corrected chi connectivity index (χ1v) is 6.79. The van der Waals surface area contributed by atoms with Crippen LogP contribution in [0.25, 0.3) is 0 Å². The van der Waals surface area contributed by atoms with Crippen LogP contribution in [0.3, 0.4) is 0 Å². The number of nitrogen functional groups attached to an aromatic ring is 1. The van der Waals surface area contributed by atoms with Crippen molar-refractivity contribution in [1.82, 2.24) is 9.97 Å². The Balaban J connectivity index is 2.25. The molecule has 0 bridgehead atoms. The van der Waals surface area contributed by atoms with Gasteiger partial charge in [-0.05, 0) is 24.6 Å². The van der Waals surface area contributed by atoms with E-state index in [2.05, 4.69) is 31.2 Å². The van der Waals surface area contributed by atoms with Gasteiger partial charge in [-0.3, -0.25) is 0 Å². The smallest absolute Gasteiger partial charge is 0.384 e. The first-order chi connectivity index (χ1) is 9.75. The molecule has 112 valence electrons. The van der Waals surface area contributed by atoms with Crippen LogP contribution in [-0.2, 0) is 6.18 Å². The molecule has 0 spiro atoms. The Hall–Kier alpha value is -1.83. The molecule has 0 fully saturated rings. The summed E-state index contributed by atoms with van der Waals surface area (Å²) >= 11 is 3.34. The Bertz CT molecular complexity index is 646. The maximum absolute atomic E-state index is 12.6. The van der Waals surface area contributed by atoms with Crippen molar-refractivity contribution in [3.63, 3.8) is 0 Å². The molecule has 0 aliphatic heterocycles. The number of nitrogens with one attached hydrogen (secondary N) is 1. The van der Waals surface area contributed by atoms with Crippen LogP contribution in [0.15, 0.2) is 34.8 Å². The van der Waals surface area contributed by atoms with E-state index in [1.54, 1.807) is 0 Å². The summed E-state index contributed by atoms with van der Waals surface area (Å²) in [5.41, 5.74) is 6.29. The summed E-state index contributed by atoms with van der Waals surface area (Å²) in [4.78, 5) is 6.65. The van der Waals surface area contributed by atoms with Crippen LogP contribution >= 0.6 is 15.9 Å². The molecule has 21 heavy (non-hydrogen) atoms. The van der Waals surface area contributed by atoms with Gasteiger partial charge in [-0.25, -0.2) is 9.97 Å². The zero-order valence-corrected chi connectivity index (χ0v) is 12.5. The molecule has 3 N–H and O–H groups in total. The van der Waals surface area contributed by atoms with E-state index in [9.17, 15) is 13.2 Å². The third kappa shape index (κ3) is 4.07. The number of anilines is 2. The Labute approximate surface area is 127 Å². The van der Waals surface area contributed by atoms with Gasteiger partial charge in [0.05, 0.1) is 0 Å². The van der Waals surface area contributed by atoms with Gasteiger partial charge in [0.2, 0.25) is 5.82 Å². The molecule has 0 radical (unpaired) electrons. The van der Waals surface area contributed by atoms with Crippen molar-refractivity contribution < 1.29 is 13.2 Å². The number of hydrogen-bond acceptors (Lipinski definition) is 4. The number of nitrogens with zero attached hydrogens (tertiary/aromatic N) is 2. The van der Waals surface area contributed by atoms with E-state index < -0.39 is 12.0 Å². The molecule has 1 aromatic heterocycles. The molecule has 8 heteroatoms. The predicted molar refractivity (Wildman–Crippen MR) is 77.6 cm³/mol. The number of alkyl halides is 3. The van der Waals surface area contributed by atoms with Gasteiger partial charge in [0.1, 0.15) is 11.6 Å². The van der Waals surface area contributed by atoms with E-state index in [1.807, 2.05) is 31.2 Å². The normalized spacial score (nSPS) is 13.0. The molecule has 1 aromatic carbocycles. The van der Waals surface area contributed by atoms with Gasteiger partial charge < -0.3 is 11.1 Å². The molecule has 2 rings (SSSR count). The van der Waals surface area contributed by atoms with Gasteiger partial charge in [0.15, 0.2) is 0 Å². The van der Waals surface area contributed by atoms with Crippen molar-refractivity contribution in [2.24, 2.45) is 0 Å². The third-order valence-electron chi connectivity index (χ3n) is 2.71. The molecule has 0 saturated carbocycles. The number of nitrogens with two attached hydrogens (primary N) is 1. The van der Waals surface area contributed by atoms with Crippen LogP contribution in [0.4, 0.5) is 24.8 Å². The molecule has 0 aliphatic rings. The van der Waals surface area contributed by atoms with Crippen molar-refractivity contribution in [1.29, 1.82) is 0 Å². The number of benzene rings is 1. The second kappa shape index (κ2) is 5.88. The minimum Gasteiger partial charge on any atom is -0.384 e. The van der Waals surface area contributed by atoms with Crippen molar-refractivity contribution >= 4 is 27.6 Å². The van der Waals surface area contributed by atoms with Crippen LogP contribution in [0.1, 0.15) is 24.4 Å². The van der Waals surface area contributed by atoms with Crippen LogP contribution in [-0.4, -0.2) is 9.97 Å². The topological polar surface area (TPSA) is 63.8 Å². The summed E-state index contributed by atoms with van der Waals surface area (Å²) in [7, 11) is 0. The van der Waals surface area contributed by atoms with Crippen LogP contribution in [0.2, 0.25) is 0 Å². The highest BCUT2D eigenvalue weighted by Crippen LogP contribution is 2.29. The standard InChI is InChI=1S/C13H12BrF3N4/c1-7(8-3-2-4-9(14)5-8)19-11-6-10(18)20-12(21-11)13(15,16)17/h2-7H,1H3,(H3,18,19,20,21). The summed E-state index contributed by atoms with van der Waals surface area (Å²) in [5.74, 6) is -1.46. The fraction of sp³-hybridized carbons (Fsp3) is 0.231. The molecule has 1 unspecified atom stereocenters. The second-order valence-electron chi connectivity index (χ2n) is 4.42. The maximum Gasteiger partial charge on any atom is 0.451 e. The molecule has 1 heterocycles. The first-order valence-electron chi connectivity index (χ1n) is 5.99. The molecule has 1 atom stereocenters. The summed E-state index contributed by atoms with van der Waals surface area (Å²) in [6, 6.07) is 8.46. The highest BCUT2D eigenvalue weighted by atomic mass is 79.9. The summed E-state index contributed by atoms with van der Waals surface area (Å²) in [6.07, 6.45) is -4.63. The fourth-order valence-corrected chi connectivity index (χ4v) is 2.16. The largest absolute Gasteiger partial charge is 0.451 e. The van der Waals surface area contributed by atoms with E-state index in [0.29, 0.717) is 0 Å². The lowest BCUT2D eigenvalue weighted by atomic mass is 10.1. The highest BCUT2D eigenvalue weighted by molar-refractivity contribution is 9.10. The number of halogens is 4. The molecular formula is C13H12BrF3N4. The molecule has 2 aromatic rings. The average Bonchev–Trinajstić information content (AvgIpc) is 2.37. The summed E-state index contributed by atoms with van der Waals surface area (Å²) in [5, 5.41) is 2.89. The van der Waals surface area contributed by atoms with E-state index in [0.717, 1.165) is 10.0 Å². The Morgan fingerprint density at radius 2 is 1.95 bits per heavy atom. The van der Waals surface area contributed by atoms with Crippen molar-refractivity contribution in [3.8, 4) is 0 Å². The van der Waals surface area contributed by atoms with E-state index in [-0.39, 0.29) is 17.7 Å². The first kappa shape index (κ1) is 15.6. The van der Waals surface area contributed by atoms with Gasteiger partial charge >= 0.3 is 6.18 Å². The van der Waals surface area contributed by atoms with Gasteiger partial charge in [-0.1, -0.05) is 28.1 Å². The van der Waals surface area contributed by atoms with Crippen molar-refractivity contribution in [2.45, 2.75) is 19.1 Å². The lowest BCUT2D eigenvalue weighted by Gasteiger charge is -2.16. The molecule has 0 amide bonds. The summed E-state index contributed by atoms with van der Waals surface area (Å²) < 4.78 is 38.8. The van der Waals surface area contributed by atoms with Crippen molar-refractivity contribution in [3.05, 3.63) is 46.2 Å². The maximum atomic E-state index is 12.6. The van der Waals surface area contributed by atoms with Gasteiger partial charge in [0, 0.05) is 16.6 Å². The van der Waals surface area contributed by atoms with Crippen LogP contribution < -0.4 is 11.1 Å². The second-order valence-corrected chi connectivity index (χ2v) is 5.34. The summed E-state index contributed by atoms with van der Waals surface area (Å²) in [6.45, 7) is 1.81. The van der Waals surface area contributed by atoms with E-state index >= 15 is 0 Å². The zero-order valence-electron chi connectivity index (χ0n) is 10.9. The monoisotopic (exact) mass is 360 g/mol. The lowest BCUT2D eigenvalue weighted by Crippen LogP contribution is -2.15. The Kier molecular flexibility index (Phi) is 4.36. The van der Waals surface area contributed by atoms with Gasteiger partial charge in [0.25, 0.3) is 0 Å². The Morgan fingerprint density at radius 3 is 2.57 bits per heavy atom. The highest BCUT2D eigenvalue weighted by Gasteiger charge is 2.35. The lowest BCUT2D eigenvalue weighted by molar-refractivity contribution is -0.144. The quantitative estimate of drug-likeness (QED) is 0.867. The number of hydrogen-bond donors (Lipinski definition) is 2. The van der Waals surface area contributed by atoms with Crippen LogP contribution in [0, 0.1) is 0 Å². The van der Waals surface area contributed by atoms with Crippen molar-refractivity contribution in [2.75, 3.05) is 11.1 Å². The number of rotatable bonds is 3. The van der Waals surface area contributed by atoms with Gasteiger partial charge in [-0.2, -0.15) is 13.2 Å². The average molecular weight is 361 g/mol. The number of aromatic nitrogens is 2. The molecule has 0 aliphatic carbocycles. The van der Waals surface area contributed by atoms with E-state index in [4.69, 9.17) is 5.73 Å². The fourth-order valence-electron chi connectivity index (χ4n) is 1.75. The zero-order chi connectivity index (χ0) is 15.6. The molecule has 4 nitrogen and oxygen atoms in total. The van der Waals surface area contributed by atoms with E-state index in [1.165, 1.54) is 6.07 Å². The third-order valence-corrected chi connectivity index (χ3v) is 3.21. The van der Waals surface area contributed by atoms with Gasteiger partial charge in [-0.15, -0.1) is 0 Å². The Morgan fingerprint density at radius 1 is 1.24 bits per heavy atom.